The summed E-state index contributed by atoms with van der Waals surface area (Å²) in [6, 6.07) is 14.3. The quantitative estimate of drug-likeness (QED) is 0.592. The molecule has 2 heterocycles. The number of halogens is 3. The largest absolute Gasteiger partial charge is 0.328 e. The van der Waals surface area contributed by atoms with Crippen LogP contribution in [0.25, 0.3) is 0 Å². The van der Waals surface area contributed by atoms with Gasteiger partial charge in [0.1, 0.15) is 12.4 Å². The van der Waals surface area contributed by atoms with Crippen LogP contribution >= 0.6 is 28.3 Å². The molecule has 4 rings (SSSR count). The Morgan fingerprint density at radius 3 is 2.52 bits per heavy atom. The van der Waals surface area contributed by atoms with Crippen molar-refractivity contribution in [3.8, 4) is 0 Å². The van der Waals surface area contributed by atoms with Crippen molar-refractivity contribution in [3.63, 3.8) is 0 Å². The monoisotopic (exact) mass is 449 g/mol. The highest BCUT2D eigenvalue weighted by Crippen LogP contribution is 2.33. The van der Waals surface area contributed by atoms with Crippen LogP contribution in [0.4, 0.5) is 4.39 Å². The van der Waals surface area contributed by atoms with Crippen LogP contribution in [0.5, 0.6) is 0 Å². The van der Waals surface area contributed by atoms with Gasteiger partial charge in [-0.15, -0.1) is 12.4 Å². The molecular weight excluding hydrogens is 433 g/mol. The Morgan fingerprint density at radius 1 is 1.11 bits per heavy atom. The average Bonchev–Trinajstić information content (AvgIpc) is 3.09. The van der Waals surface area contributed by atoms with E-state index < -0.39 is 0 Å². The number of carbonyl (C=O) groups is 1. The van der Waals surface area contributed by atoms with E-state index >= 15 is 0 Å². The molecule has 2 aromatic carbocycles. The zero-order chi connectivity index (χ0) is 18.1. The van der Waals surface area contributed by atoms with Crippen LogP contribution < -0.4 is 0 Å². The Morgan fingerprint density at radius 2 is 1.81 bits per heavy atom. The Kier molecular flexibility index (Phi) is 5.97. The molecule has 7 heteroatoms. The van der Waals surface area contributed by atoms with Crippen LogP contribution in [0.15, 0.2) is 65.5 Å². The van der Waals surface area contributed by atoms with Gasteiger partial charge in [-0.2, -0.15) is 0 Å². The molecule has 1 aliphatic heterocycles. The number of hydrogen-bond acceptors (Lipinski definition) is 2. The zero-order valence-electron chi connectivity index (χ0n) is 14.4. The fourth-order valence-corrected chi connectivity index (χ4v) is 3.65. The molecule has 0 unspecified atom stereocenters. The molecule has 1 aliphatic rings. The maximum atomic E-state index is 13.1. The van der Waals surface area contributed by atoms with E-state index in [1.807, 2.05) is 39.9 Å². The van der Waals surface area contributed by atoms with E-state index in [4.69, 9.17) is 0 Å². The van der Waals surface area contributed by atoms with Crippen molar-refractivity contribution in [3.05, 3.63) is 88.2 Å². The van der Waals surface area contributed by atoms with Gasteiger partial charge in [-0.3, -0.25) is 4.79 Å². The minimum atomic E-state index is -0.251. The van der Waals surface area contributed by atoms with E-state index in [-0.39, 0.29) is 30.2 Å². The van der Waals surface area contributed by atoms with Gasteiger partial charge < -0.3 is 9.47 Å². The first kappa shape index (κ1) is 19.6. The van der Waals surface area contributed by atoms with Gasteiger partial charge in [0, 0.05) is 11.0 Å². The zero-order valence-corrected chi connectivity index (χ0v) is 16.8. The highest BCUT2D eigenvalue weighted by molar-refractivity contribution is 9.10. The first-order chi connectivity index (χ1) is 12.6. The van der Waals surface area contributed by atoms with E-state index in [1.54, 1.807) is 18.5 Å². The first-order valence-corrected chi connectivity index (χ1v) is 9.20. The normalized spacial score (nSPS) is 16.0. The molecule has 0 fully saturated rings. The van der Waals surface area contributed by atoms with Gasteiger partial charge in [0.2, 0.25) is 5.91 Å². The second-order valence-electron chi connectivity index (χ2n) is 6.36. The predicted octanol–water partition coefficient (Wildman–Crippen LogP) is 4.38. The molecule has 4 nitrogen and oxygen atoms in total. The van der Waals surface area contributed by atoms with Crippen LogP contribution in [0, 0.1) is 5.82 Å². The summed E-state index contributed by atoms with van der Waals surface area (Å²) in [6.45, 7) is 0.863. The van der Waals surface area contributed by atoms with Gasteiger partial charge in [-0.1, -0.05) is 40.2 Å². The number of carbonyl (C=O) groups excluding carboxylic acids is 1. The molecule has 0 spiro atoms. The fraction of sp³-hybridized carbons (Fsp3) is 0.200. The number of nitrogens with zero attached hydrogens (tertiary/aromatic N) is 3. The summed E-state index contributed by atoms with van der Waals surface area (Å²) in [5.41, 5.74) is 3.06. The van der Waals surface area contributed by atoms with E-state index in [2.05, 4.69) is 20.9 Å². The van der Waals surface area contributed by atoms with Gasteiger partial charge in [0.05, 0.1) is 24.3 Å². The van der Waals surface area contributed by atoms with Gasteiger partial charge in [0.15, 0.2) is 0 Å². The summed E-state index contributed by atoms with van der Waals surface area (Å²) < 4.78 is 16.0. The number of benzene rings is 2. The molecule has 0 bridgehead atoms. The molecule has 0 saturated heterocycles. The van der Waals surface area contributed by atoms with Crippen molar-refractivity contribution >= 4 is 34.2 Å². The SMILES string of the molecule is Cl.O=C1Cn2cncc2[C@H](c2ccc(Br)cc2)N1CCc1ccc(F)cc1. The van der Waals surface area contributed by atoms with E-state index in [0.717, 1.165) is 21.3 Å². The molecule has 140 valence electrons. The minimum absolute atomic E-state index is 0. The number of amides is 1. The molecule has 1 amide bonds. The molecular formula is C20H18BrClFN3O. The Balaban J connectivity index is 0.00000210. The summed E-state index contributed by atoms with van der Waals surface area (Å²) in [5.74, 6) is -0.190. The summed E-state index contributed by atoms with van der Waals surface area (Å²) in [7, 11) is 0. The summed E-state index contributed by atoms with van der Waals surface area (Å²) in [4.78, 5) is 18.9. The van der Waals surface area contributed by atoms with Gasteiger partial charge in [-0.05, 0) is 41.8 Å². The lowest BCUT2D eigenvalue weighted by Crippen LogP contribution is -2.44. The van der Waals surface area contributed by atoms with E-state index in [0.29, 0.717) is 19.5 Å². The standard InChI is InChI=1S/C20H17BrFN3O.ClH/c21-16-5-3-15(4-6-16)20-18-11-23-13-24(18)12-19(26)25(20)10-9-14-1-7-17(22)8-2-14;/h1-8,11,13,20H,9-10,12H2;1H/t20-;/m0./s1. The van der Waals surface area contributed by atoms with Crippen molar-refractivity contribution in [1.82, 2.24) is 14.5 Å². The summed E-state index contributed by atoms with van der Waals surface area (Å²) in [5, 5.41) is 0. The predicted molar refractivity (Wildman–Crippen MR) is 107 cm³/mol. The van der Waals surface area contributed by atoms with Gasteiger partial charge in [0.25, 0.3) is 0 Å². The number of aromatic nitrogens is 2. The molecule has 0 aliphatic carbocycles. The lowest BCUT2D eigenvalue weighted by atomic mass is 9.99. The summed E-state index contributed by atoms with van der Waals surface area (Å²) in [6.07, 6.45) is 4.20. The highest BCUT2D eigenvalue weighted by atomic mass is 79.9. The first-order valence-electron chi connectivity index (χ1n) is 8.41. The van der Waals surface area contributed by atoms with Crippen LogP contribution in [-0.4, -0.2) is 26.9 Å². The Hall–Kier alpha value is -2.18. The third-order valence-corrected chi connectivity index (χ3v) is 5.23. The maximum absolute atomic E-state index is 13.1. The van der Waals surface area contributed by atoms with Crippen molar-refractivity contribution in [1.29, 1.82) is 0 Å². The third-order valence-electron chi connectivity index (χ3n) is 4.70. The average molecular weight is 451 g/mol. The molecule has 1 aromatic heterocycles. The molecule has 0 N–H and O–H groups in total. The van der Waals surface area contributed by atoms with Crippen LogP contribution in [-0.2, 0) is 17.8 Å². The third kappa shape index (κ3) is 4.06. The smallest absolute Gasteiger partial charge is 0.243 e. The van der Waals surface area contributed by atoms with Crippen LogP contribution in [0.2, 0.25) is 0 Å². The Bertz CT molecular complexity index is 927. The molecule has 27 heavy (non-hydrogen) atoms. The maximum Gasteiger partial charge on any atom is 0.243 e. The lowest BCUT2D eigenvalue weighted by Gasteiger charge is -2.36. The Labute approximate surface area is 171 Å². The van der Waals surface area contributed by atoms with Crippen molar-refractivity contribution in [2.75, 3.05) is 6.54 Å². The fourth-order valence-electron chi connectivity index (χ4n) is 3.38. The van der Waals surface area contributed by atoms with Gasteiger partial charge in [-0.25, -0.2) is 9.37 Å². The van der Waals surface area contributed by atoms with Crippen LogP contribution in [0.1, 0.15) is 22.9 Å². The molecule has 3 aromatic rings. The number of imidazole rings is 1. The number of hydrogen-bond donors (Lipinski definition) is 0. The van der Waals surface area contributed by atoms with Crippen molar-refractivity contribution < 1.29 is 9.18 Å². The molecule has 0 saturated carbocycles. The lowest BCUT2D eigenvalue weighted by molar-refractivity contribution is -0.135. The molecule has 1 atom stereocenters. The van der Waals surface area contributed by atoms with Crippen LogP contribution in [0.3, 0.4) is 0 Å². The van der Waals surface area contributed by atoms with Crippen molar-refractivity contribution in [2.45, 2.75) is 19.0 Å². The number of fused-ring (bicyclic) bond motifs is 1. The second-order valence-corrected chi connectivity index (χ2v) is 7.28. The molecule has 0 radical (unpaired) electrons. The highest BCUT2D eigenvalue weighted by Gasteiger charge is 2.33. The minimum Gasteiger partial charge on any atom is -0.328 e. The van der Waals surface area contributed by atoms with Gasteiger partial charge >= 0.3 is 0 Å². The van der Waals surface area contributed by atoms with E-state index in [1.165, 1.54) is 12.1 Å². The topological polar surface area (TPSA) is 38.1 Å². The number of rotatable bonds is 4. The second kappa shape index (κ2) is 8.23. The summed E-state index contributed by atoms with van der Waals surface area (Å²) >= 11 is 3.46. The van der Waals surface area contributed by atoms with E-state index in [9.17, 15) is 9.18 Å². The van der Waals surface area contributed by atoms with Crippen molar-refractivity contribution in [2.24, 2.45) is 0 Å².